The van der Waals surface area contributed by atoms with Crippen molar-refractivity contribution in [1.29, 1.82) is 0 Å². The van der Waals surface area contributed by atoms with Crippen LogP contribution in [-0.2, 0) is 10.2 Å². The van der Waals surface area contributed by atoms with Gasteiger partial charge in [-0.25, -0.2) is 9.98 Å². The summed E-state index contributed by atoms with van der Waals surface area (Å²) in [6.45, 7) is 4.25. The monoisotopic (exact) mass is 338 g/mol. The second kappa shape index (κ2) is 6.04. The molecule has 0 fully saturated rings. The highest BCUT2D eigenvalue weighted by atomic mass is 79.9. The van der Waals surface area contributed by atoms with E-state index in [1.807, 2.05) is 6.92 Å². The van der Waals surface area contributed by atoms with Crippen LogP contribution in [0.3, 0.4) is 0 Å². The van der Waals surface area contributed by atoms with E-state index >= 15 is 0 Å². The summed E-state index contributed by atoms with van der Waals surface area (Å²) in [6, 6.07) is 2.10. The number of aliphatic carboxylic acids is 1. The minimum absolute atomic E-state index is 0.0741. The first-order valence-corrected chi connectivity index (χ1v) is 7.66. The van der Waals surface area contributed by atoms with Crippen molar-refractivity contribution in [3.63, 3.8) is 0 Å². The van der Waals surface area contributed by atoms with Crippen molar-refractivity contribution >= 4 is 33.4 Å². The second-order valence-corrected chi connectivity index (χ2v) is 6.42. The Balaban J connectivity index is 2.02. The zero-order chi connectivity index (χ0) is 14.8. The molecule has 2 rings (SSSR count). The number of pyridine rings is 1. The maximum Gasteiger partial charge on any atom is 0.303 e. The van der Waals surface area contributed by atoms with Crippen molar-refractivity contribution in [2.45, 2.75) is 51.4 Å². The Hall–Kier alpha value is -1.23. The summed E-state index contributed by atoms with van der Waals surface area (Å²) in [6.07, 6.45) is 5.69. The van der Waals surface area contributed by atoms with Crippen LogP contribution < -0.4 is 0 Å². The first kappa shape index (κ1) is 15.2. The molecule has 0 aliphatic carbocycles. The lowest BCUT2D eigenvalue weighted by atomic mass is 9.76. The van der Waals surface area contributed by atoms with E-state index in [0.29, 0.717) is 0 Å². The van der Waals surface area contributed by atoms with Gasteiger partial charge in [-0.2, -0.15) is 0 Å². The topological polar surface area (TPSA) is 62.5 Å². The molecule has 108 valence electrons. The van der Waals surface area contributed by atoms with Crippen LogP contribution in [0.25, 0.3) is 0 Å². The van der Waals surface area contributed by atoms with Crippen LogP contribution in [0, 0.1) is 0 Å². The fraction of sp³-hybridized carbons (Fsp3) is 0.533. The van der Waals surface area contributed by atoms with E-state index in [1.54, 1.807) is 6.20 Å². The molecular weight excluding hydrogens is 320 g/mol. The van der Waals surface area contributed by atoms with E-state index in [9.17, 15) is 4.79 Å². The number of rotatable bonds is 6. The van der Waals surface area contributed by atoms with Gasteiger partial charge in [-0.15, -0.1) is 0 Å². The van der Waals surface area contributed by atoms with Crippen molar-refractivity contribution in [2.75, 3.05) is 0 Å². The van der Waals surface area contributed by atoms with Gasteiger partial charge in [-0.3, -0.25) is 4.79 Å². The van der Waals surface area contributed by atoms with Gasteiger partial charge in [0.25, 0.3) is 0 Å². The second-order valence-electron chi connectivity index (χ2n) is 5.51. The molecule has 0 amide bonds. The molecule has 20 heavy (non-hydrogen) atoms. The number of carboxylic acids is 1. The Morgan fingerprint density at radius 3 is 2.85 bits per heavy atom. The average molecular weight is 339 g/mol. The predicted molar refractivity (Wildman–Crippen MR) is 82.8 cm³/mol. The maximum absolute atomic E-state index is 10.5. The predicted octanol–water partition coefficient (Wildman–Crippen LogP) is 4.24. The standard InChI is InChI=1S/C15H19BrN2O2/c1-10-15(2,7-5-3-4-6-13(19)20)12-8-11(16)9-17-14(12)18-10/h8-9H,3-7H2,1-2H3,(H,19,20). The molecule has 1 aliphatic heterocycles. The highest BCUT2D eigenvalue weighted by molar-refractivity contribution is 9.10. The number of nitrogens with zero attached hydrogens (tertiary/aromatic N) is 2. The quantitative estimate of drug-likeness (QED) is 0.789. The van der Waals surface area contributed by atoms with Crippen LogP contribution in [0.1, 0.15) is 51.5 Å². The lowest BCUT2D eigenvalue weighted by molar-refractivity contribution is -0.137. The molecule has 1 aliphatic rings. The summed E-state index contributed by atoms with van der Waals surface area (Å²) in [7, 11) is 0. The lowest BCUT2D eigenvalue weighted by Gasteiger charge is -2.26. The third-order valence-electron chi connectivity index (χ3n) is 4.07. The van der Waals surface area contributed by atoms with Gasteiger partial charge < -0.3 is 5.11 Å². The normalized spacial score (nSPS) is 20.6. The minimum Gasteiger partial charge on any atom is -0.481 e. The van der Waals surface area contributed by atoms with Crippen LogP contribution in [0.5, 0.6) is 0 Å². The van der Waals surface area contributed by atoms with Gasteiger partial charge in [0.15, 0.2) is 5.82 Å². The maximum atomic E-state index is 10.5. The minimum atomic E-state index is -0.715. The van der Waals surface area contributed by atoms with Crippen LogP contribution in [0.2, 0.25) is 0 Å². The molecule has 1 unspecified atom stereocenters. The van der Waals surface area contributed by atoms with Gasteiger partial charge in [0, 0.05) is 33.8 Å². The summed E-state index contributed by atoms with van der Waals surface area (Å²) in [5.41, 5.74) is 2.19. The zero-order valence-corrected chi connectivity index (χ0v) is 13.4. The summed E-state index contributed by atoms with van der Waals surface area (Å²) >= 11 is 3.47. The molecular formula is C15H19BrN2O2. The summed E-state index contributed by atoms with van der Waals surface area (Å²) in [5.74, 6) is 0.104. The van der Waals surface area contributed by atoms with E-state index < -0.39 is 5.97 Å². The molecule has 1 atom stereocenters. The van der Waals surface area contributed by atoms with Crippen molar-refractivity contribution in [2.24, 2.45) is 4.99 Å². The number of hydrogen-bond donors (Lipinski definition) is 1. The fourth-order valence-corrected chi connectivity index (χ4v) is 2.98. The highest BCUT2D eigenvalue weighted by Crippen LogP contribution is 2.43. The molecule has 0 radical (unpaired) electrons. The number of aliphatic imine (C=N–C) groups is 1. The van der Waals surface area contributed by atoms with Gasteiger partial charge in [-0.1, -0.05) is 19.8 Å². The Bertz CT molecular complexity index is 557. The van der Waals surface area contributed by atoms with Gasteiger partial charge >= 0.3 is 5.97 Å². The number of carboxylic acid groups (broad SMARTS) is 1. The molecule has 0 bridgehead atoms. The Kier molecular flexibility index (Phi) is 4.58. The molecule has 0 spiro atoms. The highest BCUT2D eigenvalue weighted by Gasteiger charge is 2.37. The van der Waals surface area contributed by atoms with Crippen molar-refractivity contribution in [1.82, 2.24) is 4.98 Å². The van der Waals surface area contributed by atoms with Gasteiger partial charge in [0.05, 0.1) is 0 Å². The van der Waals surface area contributed by atoms with Gasteiger partial charge in [-0.05, 0) is 41.8 Å². The van der Waals surface area contributed by atoms with Crippen molar-refractivity contribution < 1.29 is 9.90 Å². The summed E-state index contributed by atoms with van der Waals surface area (Å²) in [5, 5.41) is 8.65. The van der Waals surface area contributed by atoms with E-state index in [1.165, 1.54) is 5.56 Å². The molecule has 5 heteroatoms. The number of halogens is 1. The van der Waals surface area contributed by atoms with E-state index in [-0.39, 0.29) is 11.8 Å². The fourth-order valence-electron chi connectivity index (χ4n) is 2.65. The smallest absolute Gasteiger partial charge is 0.303 e. The van der Waals surface area contributed by atoms with Crippen LogP contribution in [0.15, 0.2) is 21.7 Å². The molecule has 0 saturated heterocycles. The number of carbonyl (C=O) groups is 1. The Morgan fingerprint density at radius 1 is 1.40 bits per heavy atom. The largest absolute Gasteiger partial charge is 0.481 e. The van der Waals surface area contributed by atoms with E-state index in [2.05, 4.69) is 38.9 Å². The molecule has 1 aromatic rings. The Morgan fingerprint density at radius 2 is 2.15 bits per heavy atom. The molecule has 1 aromatic heterocycles. The van der Waals surface area contributed by atoms with E-state index in [4.69, 9.17) is 5.11 Å². The molecule has 0 saturated carbocycles. The number of unbranched alkanes of at least 4 members (excludes halogenated alkanes) is 2. The van der Waals surface area contributed by atoms with Crippen molar-refractivity contribution in [3.8, 4) is 0 Å². The third-order valence-corrected chi connectivity index (χ3v) is 4.50. The van der Waals surface area contributed by atoms with Crippen LogP contribution in [0.4, 0.5) is 5.82 Å². The van der Waals surface area contributed by atoms with Crippen molar-refractivity contribution in [3.05, 3.63) is 22.3 Å². The Labute approximate surface area is 127 Å². The number of fused-ring (bicyclic) bond motifs is 1. The first-order chi connectivity index (χ1) is 9.43. The summed E-state index contributed by atoms with van der Waals surface area (Å²) < 4.78 is 0.971. The number of aromatic nitrogens is 1. The SMILES string of the molecule is CC1=Nc2ncc(Br)cc2C1(C)CCCCCC(=O)O. The summed E-state index contributed by atoms with van der Waals surface area (Å²) in [4.78, 5) is 19.4. The average Bonchev–Trinajstić information content (AvgIpc) is 2.62. The molecule has 4 nitrogen and oxygen atoms in total. The third kappa shape index (κ3) is 3.08. The molecule has 1 N–H and O–H groups in total. The molecule has 2 heterocycles. The van der Waals surface area contributed by atoms with Crippen LogP contribution in [-0.4, -0.2) is 21.8 Å². The molecule has 0 aromatic carbocycles. The zero-order valence-electron chi connectivity index (χ0n) is 11.8. The van der Waals surface area contributed by atoms with E-state index in [0.717, 1.165) is 41.7 Å². The van der Waals surface area contributed by atoms with Gasteiger partial charge in [0.1, 0.15) is 0 Å². The first-order valence-electron chi connectivity index (χ1n) is 6.87. The van der Waals surface area contributed by atoms with Gasteiger partial charge in [0.2, 0.25) is 0 Å². The lowest BCUT2D eigenvalue weighted by Crippen LogP contribution is -2.27. The number of hydrogen-bond acceptors (Lipinski definition) is 3. The van der Waals surface area contributed by atoms with Crippen LogP contribution >= 0.6 is 15.9 Å².